The summed E-state index contributed by atoms with van der Waals surface area (Å²) in [5.41, 5.74) is 4.41. The molecule has 5 atom stereocenters. The first-order valence-corrected chi connectivity index (χ1v) is 13.1. The first-order valence-electron chi connectivity index (χ1n) is 13.1. The molecule has 1 heterocycles. The highest BCUT2D eigenvalue weighted by Gasteiger charge is 2.48. The third-order valence-electron chi connectivity index (χ3n) is 9.34. The van der Waals surface area contributed by atoms with Crippen LogP contribution in [0.2, 0.25) is 0 Å². The molecule has 1 N–H and O–H groups in total. The predicted octanol–water partition coefficient (Wildman–Crippen LogP) is 6.91. The Labute approximate surface area is 193 Å². The van der Waals surface area contributed by atoms with Gasteiger partial charge in [-0.15, -0.1) is 0 Å². The van der Waals surface area contributed by atoms with Crippen molar-refractivity contribution < 1.29 is 13.9 Å². The fourth-order valence-corrected chi connectivity index (χ4v) is 7.23. The third kappa shape index (κ3) is 5.55. The maximum absolute atomic E-state index is 12.5. The normalized spacial score (nSPS) is 38.8. The van der Waals surface area contributed by atoms with Crippen LogP contribution < -0.4 is 0 Å². The summed E-state index contributed by atoms with van der Waals surface area (Å²) < 4.78 is 25.1. The molecule has 0 aromatic carbocycles. The van der Waals surface area contributed by atoms with Crippen molar-refractivity contribution in [2.75, 3.05) is 19.6 Å². The van der Waals surface area contributed by atoms with E-state index in [4.69, 9.17) is 0 Å². The molecule has 1 saturated heterocycles. The number of aliphatic hydroxyl groups excluding tert-OH is 1. The molecule has 1 aliphatic heterocycles. The van der Waals surface area contributed by atoms with Crippen molar-refractivity contribution >= 4 is 0 Å². The number of rotatable bonds is 7. The van der Waals surface area contributed by atoms with Crippen molar-refractivity contribution in [3.8, 4) is 0 Å². The smallest absolute Gasteiger partial charge is 0.238 e. The molecule has 4 heteroatoms. The number of halogens is 2. The van der Waals surface area contributed by atoms with Crippen LogP contribution in [-0.4, -0.2) is 42.2 Å². The number of alkyl halides is 2. The molecular weight excluding hydrogens is 404 g/mol. The Hall–Kier alpha value is -1.00. The lowest BCUT2D eigenvalue weighted by Crippen LogP contribution is -2.35. The molecule has 0 radical (unpaired) electrons. The van der Waals surface area contributed by atoms with E-state index in [9.17, 15) is 13.9 Å². The lowest BCUT2D eigenvalue weighted by molar-refractivity contribution is 0.117. The summed E-state index contributed by atoms with van der Waals surface area (Å²) in [5.74, 6) is 1.96. The predicted molar refractivity (Wildman–Crippen MR) is 128 cm³/mol. The highest BCUT2D eigenvalue weighted by molar-refractivity contribution is 5.27. The number of nitrogens with zero attached hydrogens (tertiary/aromatic N) is 1. The molecular formula is C28H43F2NO. The number of likely N-dealkylation sites (tertiary alicyclic amines) is 1. The van der Waals surface area contributed by atoms with Gasteiger partial charge in [0.2, 0.25) is 6.43 Å². The van der Waals surface area contributed by atoms with Gasteiger partial charge in [-0.3, -0.25) is 0 Å². The van der Waals surface area contributed by atoms with Crippen LogP contribution in [0.15, 0.2) is 35.5 Å². The minimum absolute atomic E-state index is 0.0693. The summed E-state index contributed by atoms with van der Waals surface area (Å²) in [6, 6.07) is 0. The Morgan fingerprint density at radius 3 is 2.78 bits per heavy atom. The van der Waals surface area contributed by atoms with Crippen LogP contribution in [-0.2, 0) is 0 Å². The molecule has 0 bridgehead atoms. The zero-order chi connectivity index (χ0) is 22.7. The van der Waals surface area contributed by atoms with Crippen molar-refractivity contribution in [1.82, 2.24) is 4.90 Å². The molecule has 180 valence electrons. The van der Waals surface area contributed by atoms with Crippen LogP contribution in [0.3, 0.4) is 0 Å². The maximum Gasteiger partial charge on any atom is 0.238 e. The zero-order valence-electron chi connectivity index (χ0n) is 20.0. The highest BCUT2D eigenvalue weighted by atomic mass is 19.3. The van der Waals surface area contributed by atoms with Crippen molar-refractivity contribution in [1.29, 1.82) is 0 Å². The monoisotopic (exact) mass is 447 g/mol. The summed E-state index contributed by atoms with van der Waals surface area (Å²) in [6.07, 6.45) is 14.5. The molecule has 4 aliphatic rings. The van der Waals surface area contributed by atoms with E-state index >= 15 is 0 Å². The van der Waals surface area contributed by atoms with E-state index in [1.54, 1.807) is 5.57 Å². The average Bonchev–Trinajstić information content (AvgIpc) is 3.35. The van der Waals surface area contributed by atoms with Crippen molar-refractivity contribution in [3.63, 3.8) is 0 Å². The summed E-state index contributed by atoms with van der Waals surface area (Å²) in [5, 5.41) is 10.1. The first kappa shape index (κ1) is 24.1. The van der Waals surface area contributed by atoms with Gasteiger partial charge < -0.3 is 10.0 Å². The number of hydrogen-bond donors (Lipinski definition) is 1. The van der Waals surface area contributed by atoms with Crippen LogP contribution in [0, 0.1) is 23.2 Å². The number of fused-ring (bicyclic) bond motifs is 1. The van der Waals surface area contributed by atoms with Crippen LogP contribution in [0.25, 0.3) is 0 Å². The Morgan fingerprint density at radius 1 is 1.16 bits per heavy atom. The summed E-state index contributed by atoms with van der Waals surface area (Å²) in [7, 11) is 0. The van der Waals surface area contributed by atoms with Gasteiger partial charge in [0.15, 0.2) is 0 Å². The van der Waals surface area contributed by atoms with E-state index in [-0.39, 0.29) is 12.5 Å². The van der Waals surface area contributed by atoms with Gasteiger partial charge in [0.05, 0.1) is 6.10 Å². The first-order chi connectivity index (χ1) is 15.3. The minimum atomic E-state index is -2.15. The highest BCUT2D eigenvalue weighted by Crippen LogP contribution is 2.58. The average molecular weight is 448 g/mol. The molecule has 3 aliphatic carbocycles. The third-order valence-corrected chi connectivity index (χ3v) is 9.34. The largest absolute Gasteiger partial charge is 0.388 e. The number of allylic oxidation sites excluding steroid dienone is 3. The number of aliphatic hydroxyl groups is 1. The Balaban J connectivity index is 1.31. The zero-order valence-corrected chi connectivity index (χ0v) is 20.0. The molecule has 4 rings (SSSR count). The van der Waals surface area contributed by atoms with Crippen LogP contribution in [0.4, 0.5) is 8.78 Å². The van der Waals surface area contributed by atoms with Crippen LogP contribution in [0.5, 0.6) is 0 Å². The molecule has 3 saturated carbocycles. The van der Waals surface area contributed by atoms with Crippen molar-refractivity contribution in [2.24, 2.45) is 23.2 Å². The molecule has 3 unspecified atom stereocenters. The summed E-state index contributed by atoms with van der Waals surface area (Å²) >= 11 is 0. The van der Waals surface area contributed by atoms with Crippen molar-refractivity contribution in [3.05, 3.63) is 35.5 Å². The van der Waals surface area contributed by atoms with Gasteiger partial charge in [-0.2, -0.15) is 0 Å². The Morgan fingerprint density at radius 2 is 2.00 bits per heavy atom. The number of hydrogen-bond acceptors (Lipinski definition) is 2. The van der Waals surface area contributed by atoms with Gasteiger partial charge in [-0.05, 0) is 112 Å². The standard InChI is InChI=1S/C28H43F2NO/c1-20-5-6-21(18-26(20)32)7-9-23-4-3-15-28(2)24(10-11-25(23)28)14-17-31-16-13-22(19-31)8-12-27(29)30/h7,9,22,24-27,32H,1,3-6,8,10-19H2,2H3/b21-7-,23-9+/t22?,24-,25?,26?,28-/m1/s1. The lowest BCUT2D eigenvalue weighted by Gasteiger charge is -2.43. The molecule has 0 aromatic heterocycles. The van der Waals surface area contributed by atoms with Gasteiger partial charge in [0.1, 0.15) is 0 Å². The molecule has 0 spiro atoms. The maximum atomic E-state index is 12.5. The summed E-state index contributed by atoms with van der Waals surface area (Å²) in [4.78, 5) is 2.54. The van der Waals surface area contributed by atoms with Gasteiger partial charge in [0.25, 0.3) is 0 Å². The fraction of sp³-hybridized carbons (Fsp3) is 0.786. The summed E-state index contributed by atoms with van der Waals surface area (Å²) in [6.45, 7) is 9.78. The van der Waals surface area contributed by atoms with E-state index in [1.807, 2.05) is 0 Å². The topological polar surface area (TPSA) is 23.5 Å². The molecule has 0 amide bonds. The van der Waals surface area contributed by atoms with Crippen LogP contribution in [0.1, 0.15) is 84.0 Å². The van der Waals surface area contributed by atoms with Gasteiger partial charge in [0, 0.05) is 13.0 Å². The fourth-order valence-electron chi connectivity index (χ4n) is 7.23. The minimum Gasteiger partial charge on any atom is -0.388 e. The van der Waals surface area contributed by atoms with E-state index in [0.717, 1.165) is 56.8 Å². The molecule has 0 aromatic rings. The second kappa shape index (κ2) is 10.5. The van der Waals surface area contributed by atoms with Crippen molar-refractivity contribution in [2.45, 2.75) is 96.5 Å². The lowest BCUT2D eigenvalue weighted by atomic mass is 9.63. The molecule has 4 fully saturated rings. The van der Waals surface area contributed by atoms with E-state index < -0.39 is 6.43 Å². The Bertz CT molecular complexity index is 729. The Kier molecular flexibility index (Phi) is 7.93. The SMILES string of the molecule is C=C1CC/C(=C/C=C2\CCC[C@@]3(C)C2CC[C@@H]3CCN2CCC(CCC(F)F)C2)CC1O. The van der Waals surface area contributed by atoms with Gasteiger partial charge in [-0.1, -0.05) is 36.8 Å². The molecule has 2 nitrogen and oxygen atoms in total. The van der Waals surface area contributed by atoms with Gasteiger partial charge >= 0.3 is 0 Å². The van der Waals surface area contributed by atoms with E-state index in [2.05, 4.69) is 30.6 Å². The quantitative estimate of drug-likeness (QED) is 0.428. The van der Waals surface area contributed by atoms with Gasteiger partial charge in [-0.25, -0.2) is 8.78 Å². The van der Waals surface area contributed by atoms with E-state index in [1.165, 1.54) is 44.1 Å². The molecule has 32 heavy (non-hydrogen) atoms. The van der Waals surface area contributed by atoms with E-state index in [0.29, 0.717) is 23.7 Å². The van der Waals surface area contributed by atoms with Crippen LogP contribution >= 0.6 is 0 Å². The second-order valence-corrected chi connectivity index (χ2v) is 11.3. The second-order valence-electron chi connectivity index (χ2n) is 11.3.